The second kappa shape index (κ2) is 8.72. The van der Waals surface area contributed by atoms with Crippen molar-refractivity contribution in [3.63, 3.8) is 0 Å². The predicted octanol–water partition coefficient (Wildman–Crippen LogP) is -2.93. The van der Waals surface area contributed by atoms with Crippen LogP contribution >= 0.6 is 0 Å². The van der Waals surface area contributed by atoms with E-state index in [2.05, 4.69) is 4.74 Å². The number of carbonyl (C=O) groups is 2. The average Bonchev–Trinajstić information content (AvgIpc) is 2.86. The number of ether oxygens (including phenoxy) is 1. The lowest BCUT2D eigenvalue weighted by atomic mass is 10.0. The number of aliphatic hydroxyl groups excluding tert-OH is 5. The molecule has 0 aromatic rings. The van der Waals surface area contributed by atoms with Crippen molar-refractivity contribution in [2.24, 2.45) is 0 Å². The minimum atomic E-state index is -1.79. The highest BCUT2D eigenvalue weighted by Crippen LogP contribution is 2.02. The van der Waals surface area contributed by atoms with Gasteiger partial charge in [0.1, 0.15) is 24.4 Å². The zero-order valence-corrected chi connectivity index (χ0v) is 9.42. The van der Waals surface area contributed by atoms with E-state index in [0.29, 0.717) is 6.42 Å². The van der Waals surface area contributed by atoms with E-state index in [-0.39, 0.29) is 12.3 Å². The van der Waals surface area contributed by atoms with E-state index in [4.69, 9.17) is 25.5 Å². The first-order valence-corrected chi connectivity index (χ1v) is 5.07. The molecule has 0 spiro atoms. The molecule has 0 saturated carbocycles. The lowest BCUT2D eigenvalue weighted by molar-refractivity contribution is -0.136. The number of cyclic esters (lactones) is 1. The van der Waals surface area contributed by atoms with Gasteiger partial charge in [0.15, 0.2) is 6.29 Å². The minimum absolute atomic E-state index is 0.0258. The third-order valence-corrected chi connectivity index (χ3v) is 2.00. The van der Waals surface area contributed by atoms with Gasteiger partial charge in [-0.15, -0.1) is 0 Å². The average molecular weight is 264 g/mol. The Balaban J connectivity index is 0.000000397. The maximum atomic E-state index is 9.96. The van der Waals surface area contributed by atoms with Crippen LogP contribution in [-0.4, -0.2) is 68.8 Å². The van der Waals surface area contributed by atoms with Gasteiger partial charge >= 0.3 is 5.97 Å². The predicted molar refractivity (Wildman–Crippen MR) is 57.0 cm³/mol. The summed E-state index contributed by atoms with van der Waals surface area (Å²) >= 11 is 0. The summed E-state index contributed by atoms with van der Waals surface area (Å²) in [5.41, 5.74) is 0. The molecular weight excluding hydrogens is 248 g/mol. The number of rotatable bonds is 5. The molecule has 1 aliphatic rings. The molecule has 8 heteroatoms. The van der Waals surface area contributed by atoms with Crippen LogP contribution in [0.4, 0.5) is 0 Å². The fourth-order valence-electron chi connectivity index (χ4n) is 0.935. The van der Waals surface area contributed by atoms with Gasteiger partial charge in [-0.2, -0.15) is 0 Å². The molecule has 1 heterocycles. The molecule has 1 aliphatic heterocycles. The number of hydrogen-bond donors (Lipinski definition) is 5. The lowest BCUT2D eigenvalue weighted by Crippen LogP contribution is -2.46. The summed E-state index contributed by atoms with van der Waals surface area (Å²) in [7, 11) is 0. The van der Waals surface area contributed by atoms with Crippen LogP contribution in [0.3, 0.4) is 0 Å². The van der Waals surface area contributed by atoms with E-state index in [1.165, 1.54) is 6.26 Å². The van der Waals surface area contributed by atoms with Crippen LogP contribution in [0.1, 0.15) is 6.42 Å². The molecule has 1 rings (SSSR count). The van der Waals surface area contributed by atoms with Crippen LogP contribution in [0.15, 0.2) is 12.3 Å². The quantitative estimate of drug-likeness (QED) is 0.262. The molecule has 0 amide bonds. The molecule has 0 aromatic heterocycles. The summed E-state index contributed by atoms with van der Waals surface area (Å²) in [5.74, 6) is -0.157. The smallest absolute Gasteiger partial charge is 0.314 e. The first kappa shape index (κ1) is 16.7. The Kier molecular flexibility index (Phi) is 8.08. The summed E-state index contributed by atoms with van der Waals surface area (Å²) in [6, 6.07) is 0. The van der Waals surface area contributed by atoms with Gasteiger partial charge in [-0.25, -0.2) is 0 Å². The highest BCUT2D eigenvalue weighted by atomic mass is 16.5. The van der Waals surface area contributed by atoms with Crippen LogP contribution in [-0.2, 0) is 14.3 Å². The topological polar surface area (TPSA) is 145 Å². The van der Waals surface area contributed by atoms with Gasteiger partial charge < -0.3 is 35.1 Å². The molecule has 18 heavy (non-hydrogen) atoms. The number of esters is 1. The first-order valence-electron chi connectivity index (χ1n) is 5.07. The van der Waals surface area contributed by atoms with Gasteiger partial charge in [-0.3, -0.25) is 4.79 Å². The van der Waals surface area contributed by atoms with Gasteiger partial charge in [0.2, 0.25) is 0 Å². The molecule has 0 bridgehead atoms. The Morgan fingerprint density at radius 3 is 2.17 bits per heavy atom. The number of aliphatic hydroxyl groups is 5. The zero-order valence-electron chi connectivity index (χ0n) is 9.42. The van der Waals surface area contributed by atoms with Crippen molar-refractivity contribution in [3.8, 4) is 0 Å². The van der Waals surface area contributed by atoms with Crippen LogP contribution in [0, 0.1) is 0 Å². The van der Waals surface area contributed by atoms with Crippen molar-refractivity contribution >= 4 is 12.3 Å². The highest BCUT2D eigenvalue weighted by molar-refractivity contribution is 5.73. The minimum Gasteiger partial charge on any atom is -0.435 e. The maximum absolute atomic E-state index is 9.96. The van der Waals surface area contributed by atoms with Gasteiger partial charge in [0.25, 0.3) is 0 Å². The lowest BCUT2D eigenvalue weighted by Gasteiger charge is -2.22. The molecule has 0 aliphatic carbocycles. The maximum Gasteiger partial charge on any atom is 0.314 e. The molecule has 0 saturated heterocycles. The standard InChI is InChI=1S/C6H12O6.C4H4O2/c7-1-3(9)5(11)6(12)4(10)2-8;5-4-2-1-3-6-4/h1,3-6,8-12H,2H2;1,3H,2H2. The van der Waals surface area contributed by atoms with Crippen molar-refractivity contribution in [1.82, 2.24) is 0 Å². The van der Waals surface area contributed by atoms with E-state index in [1.54, 1.807) is 6.08 Å². The molecule has 4 unspecified atom stereocenters. The first-order chi connectivity index (χ1) is 8.43. The third-order valence-electron chi connectivity index (χ3n) is 2.00. The van der Waals surface area contributed by atoms with Crippen LogP contribution in [0.5, 0.6) is 0 Å². The summed E-state index contributed by atoms with van der Waals surface area (Å²) in [4.78, 5) is 19.9. The van der Waals surface area contributed by atoms with Gasteiger partial charge in [-0.1, -0.05) is 0 Å². The molecule has 0 fully saturated rings. The third kappa shape index (κ3) is 5.84. The zero-order chi connectivity index (χ0) is 14.1. The monoisotopic (exact) mass is 264 g/mol. The fraction of sp³-hybridized carbons (Fsp3) is 0.600. The Morgan fingerprint density at radius 2 is 1.89 bits per heavy atom. The van der Waals surface area contributed by atoms with E-state index in [0.717, 1.165) is 0 Å². The highest BCUT2D eigenvalue weighted by Gasteiger charge is 2.29. The summed E-state index contributed by atoms with van der Waals surface area (Å²) in [6.07, 6.45) is -3.31. The number of aldehydes is 1. The molecule has 0 radical (unpaired) electrons. The molecule has 4 atom stereocenters. The van der Waals surface area contributed by atoms with Crippen molar-refractivity contribution in [2.75, 3.05) is 6.61 Å². The van der Waals surface area contributed by atoms with Crippen molar-refractivity contribution in [2.45, 2.75) is 30.8 Å². The largest absolute Gasteiger partial charge is 0.435 e. The van der Waals surface area contributed by atoms with E-state index in [9.17, 15) is 9.59 Å². The Bertz CT molecular complexity index is 280. The summed E-state index contributed by atoms with van der Waals surface area (Å²) in [5, 5.41) is 43.5. The van der Waals surface area contributed by atoms with E-state index < -0.39 is 31.0 Å². The fourth-order valence-corrected chi connectivity index (χ4v) is 0.935. The summed E-state index contributed by atoms with van der Waals surface area (Å²) in [6.45, 7) is -0.760. The van der Waals surface area contributed by atoms with Gasteiger partial charge in [0, 0.05) is 0 Å². The van der Waals surface area contributed by atoms with Crippen LogP contribution < -0.4 is 0 Å². The van der Waals surface area contributed by atoms with Crippen LogP contribution in [0.25, 0.3) is 0 Å². The number of hydrogen-bond acceptors (Lipinski definition) is 8. The van der Waals surface area contributed by atoms with Crippen LogP contribution in [0.2, 0.25) is 0 Å². The second-order valence-corrected chi connectivity index (χ2v) is 3.42. The van der Waals surface area contributed by atoms with Crippen molar-refractivity contribution in [3.05, 3.63) is 12.3 Å². The molecular formula is C10H16O8. The Morgan fingerprint density at radius 1 is 1.28 bits per heavy atom. The van der Waals surface area contributed by atoms with Crippen molar-refractivity contribution in [1.29, 1.82) is 0 Å². The Labute approximate surface area is 103 Å². The van der Waals surface area contributed by atoms with Gasteiger partial charge in [-0.05, 0) is 6.08 Å². The second-order valence-electron chi connectivity index (χ2n) is 3.42. The SMILES string of the molecule is O=C1CC=CO1.O=CC(O)C(O)C(O)C(O)CO. The normalized spacial score (nSPS) is 20.2. The summed E-state index contributed by atoms with van der Waals surface area (Å²) < 4.78 is 4.33. The number of carbonyl (C=O) groups excluding carboxylic acids is 2. The van der Waals surface area contributed by atoms with Crippen molar-refractivity contribution < 1.29 is 39.9 Å². The molecule has 0 aromatic carbocycles. The van der Waals surface area contributed by atoms with E-state index >= 15 is 0 Å². The molecule has 104 valence electrons. The van der Waals surface area contributed by atoms with E-state index in [1.807, 2.05) is 0 Å². The Hall–Kier alpha value is -1.32. The molecule has 5 N–H and O–H groups in total. The molecule has 8 nitrogen and oxygen atoms in total. The van der Waals surface area contributed by atoms with Gasteiger partial charge in [0.05, 0.1) is 19.3 Å².